The van der Waals surface area contributed by atoms with E-state index < -0.39 is 0 Å². The molecule has 0 fully saturated rings. The number of carbonyl (C=O) groups excluding carboxylic acids is 1. The molecule has 0 aliphatic heterocycles. The first-order valence-electron chi connectivity index (χ1n) is 7.04. The van der Waals surface area contributed by atoms with Gasteiger partial charge in [-0.1, -0.05) is 0 Å². The van der Waals surface area contributed by atoms with Crippen LogP contribution in [0.1, 0.15) is 35.2 Å². The van der Waals surface area contributed by atoms with Gasteiger partial charge in [0, 0.05) is 30.8 Å². The Hall–Kier alpha value is -2.44. The van der Waals surface area contributed by atoms with E-state index in [-0.39, 0.29) is 5.91 Å². The fourth-order valence-corrected chi connectivity index (χ4v) is 1.98. The van der Waals surface area contributed by atoms with Gasteiger partial charge in [0.15, 0.2) is 0 Å². The standard InChI is InChI=1S/C14H20N6O/c1-3-15-13-8-11(7-10(2)19-13)14(21)16-6-4-5-12-17-9-18-20-12/h7-9H,3-6H2,1-2H3,(H,15,19)(H,16,21)(H,17,18,20). The van der Waals surface area contributed by atoms with Crippen molar-refractivity contribution in [1.29, 1.82) is 0 Å². The van der Waals surface area contributed by atoms with Gasteiger partial charge in [0.2, 0.25) is 0 Å². The van der Waals surface area contributed by atoms with E-state index >= 15 is 0 Å². The molecular formula is C14H20N6O. The molecule has 21 heavy (non-hydrogen) atoms. The summed E-state index contributed by atoms with van der Waals surface area (Å²) in [5, 5.41) is 12.6. The van der Waals surface area contributed by atoms with Crippen LogP contribution in [0.5, 0.6) is 0 Å². The number of aryl methyl sites for hydroxylation is 2. The quantitative estimate of drug-likeness (QED) is 0.667. The third-order valence-corrected chi connectivity index (χ3v) is 2.91. The second-order valence-corrected chi connectivity index (χ2v) is 4.70. The molecule has 0 aliphatic carbocycles. The Balaban J connectivity index is 1.85. The SMILES string of the molecule is CCNc1cc(C(=O)NCCCc2ncn[nH]2)cc(C)n1. The third-order valence-electron chi connectivity index (χ3n) is 2.91. The van der Waals surface area contributed by atoms with Crippen molar-refractivity contribution < 1.29 is 4.79 Å². The van der Waals surface area contributed by atoms with E-state index in [1.165, 1.54) is 6.33 Å². The molecule has 3 N–H and O–H groups in total. The molecule has 0 aliphatic rings. The summed E-state index contributed by atoms with van der Waals surface area (Å²) >= 11 is 0. The average Bonchev–Trinajstić information content (AvgIpc) is 2.96. The predicted molar refractivity (Wildman–Crippen MR) is 80.2 cm³/mol. The zero-order chi connectivity index (χ0) is 15.1. The Kier molecular flexibility index (Phi) is 5.25. The minimum absolute atomic E-state index is 0.0859. The molecule has 0 radical (unpaired) electrons. The van der Waals surface area contributed by atoms with Crippen molar-refractivity contribution in [1.82, 2.24) is 25.5 Å². The van der Waals surface area contributed by atoms with Crippen molar-refractivity contribution in [3.63, 3.8) is 0 Å². The van der Waals surface area contributed by atoms with E-state index in [1.807, 2.05) is 13.8 Å². The highest BCUT2D eigenvalue weighted by Gasteiger charge is 2.08. The summed E-state index contributed by atoms with van der Waals surface area (Å²) in [6, 6.07) is 3.55. The van der Waals surface area contributed by atoms with Gasteiger partial charge in [-0.15, -0.1) is 0 Å². The lowest BCUT2D eigenvalue weighted by molar-refractivity contribution is 0.0953. The molecule has 2 rings (SSSR count). The van der Waals surface area contributed by atoms with E-state index in [1.54, 1.807) is 12.1 Å². The number of hydrogen-bond donors (Lipinski definition) is 3. The summed E-state index contributed by atoms with van der Waals surface area (Å²) < 4.78 is 0. The van der Waals surface area contributed by atoms with Crippen molar-refractivity contribution in [2.24, 2.45) is 0 Å². The first-order valence-corrected chi connectivity index (χ1v) is 7.04. The third kappa shape index (κ3) is 4.55. The van der Waals surface area contributed by atoms with Crippen molar-refractivity contribution >= 4 is 11.7 Å². The zero-order valence-corrected chi connectivity index (χ0v) is 12.3. The van der Waals surface area contributed by atoms with Crippen LogP contribution in [0, 0.1) is 6.92 Å². The lowest BCUT2D eigenvalue weighted by Crippen LogP contribution is -2.25. The number of carbonyl (C=O) groups is 1. The Morgan fingerprint density at radius 2 is 2.24 bits per heavy atom. The molecule has 2 heterocycles. The molecule has 112 valence electrons. The number of aromatic nitrogens is 4. The number of anilines is 1. The lowest BCUT2D eigenvalue weighted by atomic mass is 10.2. The smallest absolute Gasteiger partial charge is 0.251 e. The van der Waals surface area contributed by atoms with Crippen LogP contribution in [-0.2, 0) is 6.42 Å². The molecule has 1 amide bonds. The highest BCUT2D eigenvalue weighted by molar-refractivity contribution is 5.94. The molecule has 0 unspecified atom stereocenters. The Morgan fingerprint density at radius 3 is 2.95 bits per heavy atom. The Morgan fingerprint density at radius 1 is 1.38 bits per heavy atom. The summed E-state index contributed by atoms with van der Waals surface area (Å²) in [6.45, 7) is 5.24. The summed E-state index contributed by atoms with van der Waals surface area (Å²) in [5.41, 5.74) is 1.44. The van der Waals surface area contributed by atoms with Crippen LogP contribution in [0.2, 0.25) is 0 Å². The van der Waals surface area contributed by atoms with E-state index in [0.717, 1.165) is 36.7 Å². The first kappa shape index (κ1) is 15.0. The van der Waals surface area contributed by atoms with Crippen LogP contribution in [0.25, 0.3) is 0 Å². The van der Waals surface area contributed by atoms with Crippen LogP contribution in [0.15, 0.2) is 18.5 Å². The van der Waals surface area contributed by atoms with Gasteiger partial charge >= 0.3 is 0 Å². The minimum atomic E-state index is -0.0859. The minimum Gasteiger partial charge on any atom is -0.370 e. The summed E-state index contributed by atoms with van der Waals surface area (Å²) in [5.74, 6) is 1.47. The summed E-state index contributed by atoms with van der Waals surface area (Å²) in [6.07, 6.45) is 3.05. The fourth-order valence-electron chi connectivity index (χ4n) is 1.98. The summed E-state index contributed by atoms with van der Waals surface area (Å²) in [7, 11) is 0. The van der Waals surface area contributed by atoms with Crippen molar-refractivity contribution in [3.8, 4) is 0 Å². The molecule has 7 heteroatoms. The van der Waals surface area contributed by atoms with Gasteiger partial charge in [0.25, 0.3) is 5.91 Å². The van der Waals surface area contributed by atoms with Crippen LogP contribution < -0.4 is 10.6 Å². The molecular weight excluding hydrogens is 268 g/mol. The number of amides is 1. The fraction of sp³-hybridized carbons (Fsp3) is 0.429. The topological polar surface area (TPSA) is 95.6 Å². The van der Waals surface area contributed by atoms with Gasteiger partial charge in [-0.25, -0.2) is 9.97 Å². The number of nitrogens with zero attached hydrogens (tertiary/aromatic N) is 3. The van der Waals surface area contributed by atoms with E-state index in [0.29, 0.717) is 12.1 Å². The lowest BCUT2D eigenvalue weighted by Gasteiger charge is -2.08. The van der Waals surface area contributed by atoms with E-state index in [9.17, 15) is 4.79 Å². The van der Waals surface area contributed by atoms with E-state index in [2.05, 4.69) is 30.8 Å². The van der Waals surface area contributed by atoms with Gasteiger partial charge < -0.3 is 10.6 Å². The number of nitrogens with one attached hydrogen (secondary N) is 3. The van der Waals surface area contributed by atoms with E-state index in [4.69, 9.17) is 0 Å². The molecule has 0 bridgehead atoms. The van der Waals surface area contributed by atoms with Gasteiger partial charge in [-0.3, -0.25) is 9.89 Å². The van der Waals surface area contributed by atoms with Gasteiger partial charge in [0.05, 0.1) is 0 Å². The molecule has 0 aromatic carbocycles. The molecule has 7 nitrogen and oxygen atoms in total. The van der Waals surface area contributed by atoms with Crippen molar-refractivity contribution in [2.75, 3.05) is 18.4 Å². The average molecular weight is 288 g/mol. The molecule has 0 saturated carbocycles. The largest absolute Gasteiger partial charge is 0.370 e. The highest BCUT2D eigenvalue weighted by atomic mass is 16.1. The van der Waals surface area contributed by atoms with Crippen LogP contribution in [0.4, 0.5) is 5.82 Å². The van der Waals surface area contributed by atoms with Gasteiger partial charge in [-0.05, 0) is 32.4 Å². The van der Waals surface area contributed by atoms with Crippen molar-refractivity contribution in [3.05, 3.63) is 35.5 Å². The second-order valence-electron chi connectivity index (χ2n) is 4.70. The first-order chi connectivity index (χ1) is 10.2. The molecule has 2 aromatic rings. The number of rotatable bonds is 7. The molecule has 0 saturated heterocycles. The monoisotopic (exact) mass is 288 g/mol. The number of pyridine rings is 1. The van der Waals surface area contributed by atoms with Crippen LogP contribution in [-0.4, -0.2) is 39.2 Å². The number of hydrogen-bond acceptors (Lipinski definition) is 5. The maximum Gasteiger partial charge on any atom is 0.251 e. The molecule has 0 spiro atoms. The number of aromatic amines is 1. The summed E-state index contributed by atoms with van der Waals surface area (Å²) in [4.78, 5) is 20.5. The Labute approximate surface area is 123 Å². The Bertz CT molecular complexity index is 581. The maximum atomic E-state index is 12.1. The maximum absolute atomic E-state index is 12.1. The zero-order valence-electron chi connectivity index (χ0n) is 12.3. The number of H-pyrrole nitrogens is 1. The van der Waals surface area contributed by atoms with Gasteiger partial charge in [-0.2, -0.15) is 5.10 Å². The van der Waals surface area contributed by atoms with Crippen LogP contribution in [0.3, 0.4) is 0 Å². The predicted octanol–water partition coefficient (Wildman–Crippen LogP) is 1.30. The molecule has 2 aromatic heterocycles. The van der Waals surface area contributed by atoms with Gasteiger partial charge in [0.1, 0.15) is 18.0 Å². The second kappa shape index (κ2) is 7.37. The van der Waals surface area contributed by atoms with Crippen molar-refractivity contribution in [2.45, 2.75) is 26.7 Å². The normalized spacial score (nSPS) is 10.4. The molecule has 0 atom stereocenters. The van der Waals surface area contributed by atoms with Crippen LogP contribution >= 0.6 is 0 Å². The highest BCUT2D eigenvalue weighted by Crippen LogP contribution is 2.10.